The quantitative estimate of drug-likeness (QED) is 0.895. The largest absolute Gasteiger partial charge is 0.497 e. The Labute approximate surface area is 105 Å². The third kappa shape index (κ3) is 2.88. The Bertz CT molecular complexity index is 531. The minimum Gasteiger partial charge on any atom is -0.497 e. The first kappa shape index (κ1) is 12.2. The highest BCUT2D eigenvalue weighted by Gasteiger charge is 2.09. The molecule has 5 nitrogen and oxygen atoms in total. The van der Waals surface area contributed by atoms with Gasteiger partial charge < -0.3 is 14.5 Å². The van der Waals surface area contributed by atoms with E-state index >= 15 is 0 Å². The van der Waals surface area contributed by atoms with Gasteiger partial charge in [-0.1, -0.05) is 12.1 Å². The van der Waals surface area contributed by atoms with Crippen LogP contribution < -0.4 is 10.1 Å². The van der Waals surface area contributed by atoms with Crippen LogP contribution in [0.4, 0.5) is 0 Å². The number of carbonyl (C=O) groups is 1. The summed E-state index contributed by atoms with van der Waals surface area (Å²) in [5.41, 5.74) is 1.28. The lowest BCUT2D eigenvalue weighted by Crippen LogP contribution is -2.23. The molecule has 0 aliphatic rings. The van der Waals surface area contributed by atoms with Crippen molar-refractivity contribution in [2.45, 2.75) is 13.5 Å². The lowest BCUT2D eigenvalue weighted by molar-refractivity contribution is 0.0946. The minimum atomic E-state index is -0.248. The summed E-state index contributed by atoms with van der Waals surface area (Å²) in [4.78, 5) is 15.6. The van der Waals surface area contributed by atoms with E-state index in [4.69, 9.17) is 9.15 Å². The zero-order valence-electron chi connectivity index (χ0n) is 10.3. The lowest BCUT2D eigenvalue weighted by atomic mass is 10.2. The fourth-order valence-electron chi connectivity index (χ4n) is 1.48. The molecular weight excluding hydrogens is 232 g/mol. The number of aromatic nitrogens is 1. The van der Waals surface area contributed by atoms with E-state index in [0.717, 1.165) is 11.3 Å². The summed E-state index contributed by atoms with van der Waals surface area (Å²) in [6.07, 6.45) is 1.35. The van der Waals surface area contributed by atoms with Crippen LogP contribution in [0, 0.1) is 6.92 Å². The summed E-state index contributed by atoms with van der Waals surface area (Å²) in [7, 11) is 1.61. The summed E-state index contributed by atoms with van der Waals surface area (Å²) in [5, 5.41) is 2.76. The monoisotopic (exact) mass is 246 g/mol. The van der Waals surface area contributed by atoms with Gasteiger partial charge in [0.25, 0.3) is 5.91 Å². The number of aryl methyl sites for hydroxylation is 1. The Balaban J connectivity index is 1.92. The number of hydrogen-bond acceptors (Lipinski definition) is 4. The first-order valence-electron chi connectivity index (χ1n) is 5.52. The van der Waals surface area contributed by atoms with E-state index < -0.39 is 0 Å². The lowest BCUT2D eigenvalue weighted by Gasteiger charge is -2.04. The second kappa shape index (κ2) is 5.35. The van der Waals surface area contributed by atoms with Gasteiger partial charge in [0.15, 0.2) is 11.6 Å². The molecule has 0 fully saturated rings. The standard InChI is InChI=1S/C13H14N2O3/c1-9-15-12(8-18-9)13(16)14-7-10-3-5-11(17-2)6-4-10/h3-6,8H,7H2,1-2H3,(H,14,16). The molecule has 0 aliphatic carbocycles. The van der Waals surface area contributed by atoms with Crippen LogP contribution in [0.3, 0.4) is 0 Å². The van der Waals surface area contributed by atoms with E-state index in [2.05, 4.69) is 10.3 Å². The zero-order valence-corrected chi connectivity index (χ0v) is 10.3. The van der Waals surface area contributed by atoms with Crippen molar-refractivity contribution in [3.63, 3.8) is 0 Å². The Kier molecular flexibility index (Phi) is 3.62. The normalized spacial score (nSPS) is 10.1. The smallest absolute Gasteiger partial charge is 0.273 e. The number of oxazole rings is 1. The van der Waals surface area contributed by atoms with Crippen LogP contribution in [0.1, 0.15) is 21.9 Å². The maximum atomic E-state index is 11.7. The van der Waals surface area contributed by atoms with Crippen molar-refractivity contribution in [1.29, 1.82) is 0 Å². The highest BCUT2D eigenvalue weighted by atomic mass is 16.5. The molecule has 1 heterocycles. The summed E-state index contributed by atoms with van der Waals surface area (Å²) in [6.45, 7) is 2.13. The van der Waals surface area contributed by atoms with Gasteiger partial charge in [0.2, 0.25) is 0 Å². The van der Waals surface area contributed by atoms with Crippen LogP contribution in [0.5, 0.6) is 5.75 Å². The van der Waals surface area contributed by atoms with Crippen LogP contribution in [0.2, 0.25) is 0 Å². The van der Waals surface area contributed by atoms with Crippen LogP contribution in [-0.4, -0.2) is 18.0 Å². The Morgan fingerprint density at radius 1 is 1.39 bits per heavy atom. The van der Waals surface area contributed by atoms with Crippen molar-refractivity contribution >= 4 is 5.91 Å². The van der Waals surface area contributed by atoms with Gasteiger partial charge in [0, 0.05) is 13.5 Å². The van der Waals surface area contributed by atoms with E-state index in [9.17, 15) is 4.79 Å². The van der Waals surface area contributed by atoms with Crippen molar-refractivity contribution in [2.24, 2.45) is 0 Å². The molecule has 2 aromatic rings. The number of hydrogen-bond donors (Lipinski definition) is 1. The van der Waals surface area contributed by atoms with Crippen molar-refractivity contribution in [3.8, 4) is 5.75 Å². The Morgan fingerprint density at radius 2 is 2.11 bits per heavy atom. The molecule has 94 valence electrons. The summed E-state index contributed by atoms with van der Waals surface area (Å²) in [6, 6.07) is 7.49. The number of amides is 1. The molecule has 1 N–H and O–H groups in total. The molecule has 0 saturated carbocycles. The van der Waals surface area contributed by atoms with Gasteiger partial charge in [-0.2, -0.15) is 0 Å². The maximum absolute atomic E-state index is 11.7. The van der Waals surface area contributed by atoms with Gasteiger partial charge >= 0.3 is 0 Å². The molecular formula is C13H14N2O3. The predicted molar refractivity (Wildman–Crippen MR) is 65.4 cm³/mol. The van der Waals surface area contributed by atoms with Crippen molar-refractivity contribution < 1.29 is 13.9 Å². The van der Waals surface area contributed by atoms with E-state index in [1.54, 1.807) is 14.0 Å². The van der Waals surface area contributed by atoms with Gasteiger partial charge in [0.05, 0.1) is 7.11 Å². The molecule has 18 heavy (non-hydrogen) atoms. The molecule has 1 amide bonds. The van der Waals surface area contributed by atoms with Gasteiger partial charge in [0.1, 0.15) is 12.0 Å². The fourth-order valence-corrected chi connectivity index (χ4v) is 1.48. The molecule has 0 unspecified atom stereocenters. The van der Waals surface area contributed by atoms with E-state index in [1.807, 2.05) is 24.3 Å². The number of nitrogens with one attached hydrogen (secondary N) is 1. The highest BCUT2D eigenvalue weighted by molar-refractivity contribution is 5.91. The SMILES string of the molecule is COc1ccc(CNC(=O)c2coc(C)n2)cc1. The maximum Gasteiger partial charge on any atom is 0.273 e. The topological polar surface area (TPSA) is 64.4 Å². The predicted octanol–water partition coefficient (Wildman–Crippen LogP) is 1.92. The van der Waals surface area contributed by atoms with Crippen molar-refractivity contribution in [1.82, 2.24) is 10.3 Å². The molecule has 2 rings (SSSR count). The summed E-state index contributed by atoms with van der Waals surface area (Å²) in [5.74, 6) is 1.02. The van der Waals surface area contributed by atoms with E-state index in [-0.39, 0.29) is 5.91 Å². The minimum absolute atomic E-state index is 0.248. The number of ether oxygens (including phenoxy) is 1. The van der Waals surface area contributed by atoms with Crippen LogP contribution in [-0.2, 0) is 6.54 Å². The fraction of sp³-hybridized carbons (Fsp3) is 0.231. The Morgan fingerprint density at radius 3 is 2.67 bits per heavy atom. The molecule has 0 saturated heterocycles. The molecule has 5 heteroatoms. The Hall–Kier alpha value is -2.30. The van der Waals surface area contributed by atoms with Gasteiger partial charge in [-0.3, -0.25) is 4.79 Å². The van der Waals surface area contributed by atoms with Gasteiger partial charge in [-0.05, 0) is 17.7 Å². The van der Waals surface area contributed by atoms with Crippen LogP contribution >= 0.6 is 0 Å². The molecule has 1 aromatic heterocycles. The molecule has 0 spiro atoms. The summed E-state index contributed by atoms with van der Waals surface area (Å²) < 4.78 is 10.0. The average molecular weight is 246 g/mol. The third-order valence-electron chi connectivity index (χ3n) is 2.46. The highest BCUT2D eigenvalue weighted by Crippen LogP contribution is 2.11. The number of benzene rings is 1. The first-order chi connectivity index (χ1) is 8.69. The number of rotatable bonds is 4. The number of carbonyl (C=O) groups excluding carboxylic acids is 1. The summed E-state index contributed by atoms with van der Waals surface area (Å²) >= 11 is 0. The van der Waals surface area contributed by atoms with E-state index in [1.165, 1.54) is 6.26 Å². The van der Waals surface area contributed by atoms with Gasteiger partial charge in [-0.15, -0.1) is 0 Å². The molecule has 0 aliphatic heterocycles. The molecule has 1 aromatic carbocycles. The van der Waals surface area contributed by atoms with Gasteiger partial charge in [-0.25, -0.2) is 4.98 Å². The molecule has 0 bridgehead atoms. The third-order valence-corrected chi connectivity index (χ3v) is 2.46. The van der Waals surface area contributed by atoms with Crippen LogP contribution in [0.15, 0.2) is 34.9 Å². The second-order valence-corrected chi connectivity index (χ2v) is 3.78. The van der Waals surface area contributed by atoms with Crippen molar-refractivity contribution in [2.75, 3.05) is 7.11 Å². The van der Waals surface area contributed by atoms with Crippen molar-refractivity contribution in [3.05, 3.63) is 47.7 Å². The van der Waals surface area contributed by atoms with Crippen LogP contribution in [0.25, 0.3) is 0 Å². The average Bonchev–Trinajstić information content (AvgIpc) is 2.83. The zero-order chi connectivity index (χ0) is 13.0. The number of methoxy groups -OCH3 is 1. The first-order valence-corrected chi connectivity index (χ1v) is 5.52. The molecule has 0 atom stereocenters. The number of nitrogens with zero attached hydrogens (tertiary/aromatic N) is 1. The second-order valence-electron chi connectivity index (χ2n) is 3.78. The van der Waals surface area contributed by atoms with E-state index in [0.29, 0.717) is 18.1 Å². The molecule has 0 radical (unpaired) electrons.